The van der Waals surface area contributed by atoms with Crippen LogP contribution in [0.3, 0.4) is 0 Å². The molecular formula is C35H35N3O5. The molecule has 0 fully saturated rings. The molecule has 0 atom stereocenters. The van der Waals surface area contributed by atoms with Crippen molar-refractivity contribution in [2.24, 2.45) is 4.99 Å². The SMILES string of the molecule is CCN(C)C(=Nc1cc(C(=O)OC)ccc1C(=O)OC)O/C(C)=C/c1ccc(N(c2ccccc2)c2ccccc2)cc1. The van der Waals surface area contributed by atoms with E-state index in [1.165, 1.54) is 32.4 Å². The summed E-state index contributed by atoms with van der Waals surface area (Å²) in [5.41, 5.74) is 4.74. The lowest BCUT2D eigenvalue weighted by molar-refractivity contribution is 0.0587. The van der Waals surface area contributed by atoms with Crippen LogP contribution in [0.2, 0.25) is 0 Å². The van der Waals surface area contributed by atoms with Crippen LogP contribution in [0.5, 0.6) is 0 Å². The Hall–Kier alpha value is -5.37. The molecule has 220 valence electrons. The molecule has 0 spiro atoms. The molecule has 0 saturated carbocycles. The maximum atomic E-state index is 12.4. The summed E-state index contributed by atoms with van der Waals surface area (Å²) >= 11 is 0. The van der Waals surface area contributed by atoms with E-state index in [0.29, 0.717) is 12.3 Å². The van der Waals surface area contributed by atoms with Crippen molar-refractivity contribution in [2.45, 2.75) is 13.8 Å². The third kappa shape index (κ3) is 7.68. The van der Waals surface area contributed by atoms with Crippen LogP contribution in [-0.2, 0) is 14.2 Å². The minimum Gasteiger partial charge on any atom is -0.465 e. The minimum atomic E-state index is -0.582. The third-order valence-corrected chi connectivity index (χ3v) is 6.64. The molecule has 0 aliphatic heterocycles. The first-order valence-electron chi connectivity index (χ1n) is 13.8. The maximum absolute atomic E-state index is 12.4. The van der Waals surface area contributed by atoms with Gasteiger partial charge < -0.3 is 24.0 Å². The van der Waals surface area contributed by atoms with Crippen molar-refractivity contribution in [1.82, 2.24) is 4.90 Å². The van der Waals surface area contributed by atoms with Crippen LogP contribution >= 0.6 is 0 Å². The van der Waals surface area contributed by atoms with Crippen molar-refractivity contribution in [2.75, 3.05) is 32.7 Å². The molecule has 0 amide bonds. The highest BCUT2D eigenvalue weighted by Crippen LogP contribution is 2.34. The number of carbonyl (C=O) groups is 2. The molecule has 0 radical (unpaired) electrons. The summed E-state index contributed by atoms with van der Waals surface area (Å²) in [5, 5.41) is 0. The molecular weight excluding hydrogens is 542 g/mol. The van der Waals surface area contributed by atoms with Gasteiger partial charge >= 0.3 is 11.9 Å². The number of nitrogens with zero attached hydrogens (tertiary/aromatic N) is 3. The summed E-state index contributed by atoms with van der Waals surface area (Å²) < 4.78 is 15.9. The second-order valence-corrected chi connectivity index (χ2v) is 9.58. The number of methoxy groups -OCH3 is 2. The number of allylic oxidation sites excluding steroid dienone is 1. The Morgan fingerprint density at radius 2 is 1.33 bits per heavy atom. The Bertz CT molecular complexity index is 1560. The molecule has 43 heavy (non-hydrogen) atoms. The average Bonchev–Trinajstić information content (AvgIpc) is 3.05. The fourth-order valence-electron chi connectivity index (χ4n) is 4.31. The number of esters is 2. The molecule has 4 rings (SSSR count). The molecule has 0 aliphatic rings. The van der Waals surface area contributed by atoms with Gasteiger partial charge in [-0.25, -0.2) is 9.59 Å². The first-order chi connectivity index (χ1) is 20.8. The summed E-state index contributed by atoms with van der Waals surface area (Å²) in [6.45, 7) is 4.37. The van der Waals surface area contributed by atoms with Crippen molar-refractivity contribution in [3.63, 3.8) is 0 Å². The van der Waals surface area contributed by atoms with E-state index in [4.69, 9.17) is 14.2 Å². The summed E-state index contributed by atoms with van der Waals surface area (Å²) in [4.78, 5) is 33.2. The van der Waals surface area contributed by atoms with E-state index in [9.17, 15) is 9.59 Å². The van der Waals surface area contributed by atoms with Gasteiger partial charge in [-0.3, -0.25) is 0 Å². The number of rotatable bonds is 9. The Morgan fingerprint density at radius 1 is 0.767 bits per heavy atom. The molecule has 8 heteroatoms. The Balaban J connectivity index is 1.64. The Kier molecular flexibility index (Phi) is 10.3. The predicted octanol–water partition coefficient (Wildman–Crippen LogP) is 7.75. The lowest BCUT2D eigenvalue weighted by Gasteiger charge is -2.25. The highest BCUT2D eigenvalue weighted by molar-refractivity contribution is 5.99. The quantitative estimate of drug-likeness (QED) is 0.0871. The van der Waals surface area contributed by atoms with Crippen LogP contribution in [0.4, 0.5) is 22.7 Å². The first kappa shape index (κ1) is 30.6. The van der Waals surface area contributed by atoms with Gasteiger partial charge in [0.05, 0.1) is 31.0 Å². The zero-order chi connectivity index (χ0) is 30.8. The van der Waals surface area contributed by atoms with Gasteiger partial charge in [0.15, 0.2) is 0 Å². The number of anilines is 3. The van der Waals surface area contributed by atoms with E-state index in [2.05, 4.69) is 46.3 Å². The lowest BCUT2D eigenvalue weighted by atomic mass is 10.1. The van der Waals surface area contributed by atoms with Gasteiger partial charge in [-0.05, 0) is 80.1 Å². The second-order valence-electron chi connectivity index (χ2n) is 9.58. The number of para-hydroxylation sites is 2. The Morgan fingerprint density at radius 3 is 1.86 bits per heavy atom. The number of ether oxygens (including phenoxy) is 3. The minimum absolute atomic E-state index is 0.194. The second kappa shape index (κ2) is 14.5. The number of benzene rings is 4. The van der Waals surface area contributed by atoms with E-state index < -0.39 is 11.9 Å². The normalized spacial score (nSPS) is 11.5. The van der Waals surface area contributed by atoms with Crippen LogP contribution < -0.4 is 4.90 Å². The first-order valence-corrected chi connectivity index (χ1v) is 13.8. The highest BCUT2D eigenvalue weighted by atomic mass is 16.5. The summed E-state index contributed by atoms with van der Waals surface area (Å²) in [5.74, 6) is -0.545. The molecule has 0 aliphatic carbocycles. The van der Waals surface area contributed by atoms with Gasteiger partial charge in [-0.15, -0.1) is 0 Å². The Labute approximate surface area is 252 Å². The zero-order valence-electron chi connectivity index (χ0n) is 25.0. The van der Waals surface area contributed by atoms with Gasteiger partial charge in [0, 0.05) is 30.7 Å². The number of amidine groups is 1. The van der Waals surface area contributed by atoms with E-state index >= 15 is 0 Å². The molecule has 0 aromatic heterocycles. The molecule has 4 aromatic rings. The number of carbonyl (C=O) groups excluding carboxylic acids is 2. The van der Waals surface area contributed by atoms with Crippen LogP contribution in [0.25, 0.3) is 6.08 Å². The van der Waals surface area contributed by atoms with Crippen molar-refractivity contribution in [1.29, 1.82) is 0 Å². The van der Waals surface area contributed by atoms with E-state index in [1.807, 2.05) is 75.5 Å². The third-order valence-electron chi connectivity index (χ3n) is 6.64. The van der Waals surface area contributed by atoms with Gasteiger partial charge in [-0.1, -0.05) is 48.5 Å². The highest BCUT2D eigenvalue weighted by Gasteiger charge is 2.18. The van der Waals surface area contributed by atoms with Gasteiger partial charge in [0.2, 0.25) is 0 Å². The van der Waals surface area contributed by atoms with Gasteiger partial charge in [0.1, 0.15) is 5.76 Å². The van der Waals surface area contributed by atoms with Crippen LogP contribution in [0.15, 0.2) is 114 Å². The van der Waals surface area contributed by atoms with Crippen molar-refractivity contribution in [3.8, 4) is 0 Å². The smallest absolute Gasteiger partial charge is 0.340 e. The predicted molar refractivity (Wildman–Crippen MR) is 170 cm³/mol. The summed E-state index contributed by atoms with van der Waals surface area (Å²) in [6.07, 6.45) is 1.91. The monoisotopic (exact) mass is 577 g/mol. The standard InChI is InChI=1S/C35H35N3O5/c1-6-37(3)35(36-32-24-27(33(39)41-4)19-22-31(32)34(40)42-5)43-25(2)23-26-17-20-30(21-18-26)38(28-13-9-7-10-14-28)29-15-11-8-12-16-29/h7-24H,6H2,1-5H3/b25-23+,36-35?. The van der Waals surface area contributed by atoms with Gasteiger partial charge in [-0.2, -0.15) is 4.99 Å². The molecule has 0 N–H and O–H groups in total. The van der Waals surface area contributed by atoms with Crippen molar-refractivity contribution < 1.29 is 23.8 Å². The number of aliphatic imine (C=N–C) groups is 1. The molecule has 0 heterocycles. The van der Waals surface area contributed by atoms with Crippen molar-refractivity contribution >= 4 is 46.8 Å². The van der Waals surface area contributed by atoms with Crippen LogP contribution in [0, 0.1) is 0 Å². The largest absolute Gasteiger partial charge is 0.465 e. The van der Waals surface area contributed by atoms with Crippen LogP contribution in [0.1, 0.15) is 40.1 Å². The zero-order valence-corrected chi connectivity index (χ0v) is 25.0. The van der Waals surface area contributed by atoms with E-state index in [1.54, 1.807) is 4.90 Å². The summed E-state index contributed by atoms with van der Waals surface area (Å²) in [7, 11) is 4.40. The van der Waals surface area contributed by atoms with Gasteiger partial charge in [0.25, 0.3) is 6.02 Å². The lowest BCUT2D eigenvalue weighted by Crippen LogP contribution is -2.28. The average molecular weight is 578 g/mol. The summed E-state index contributed by atoms with van der Waals surface area (Å²) in [6, 6.07) is 33.3. The molecule has 0 saturated heterocycles. The van der Waals surface area contributed by atoms with Crippen LogP contribution in [-0.4, -0.2) is 50.7 Å². The molecule has 8 nitrogen and oxygen atoms in total. The fourth-order valence-corrected chi connectivity index (χ4v) is 4.31. The van der Waals surface area contributed by atoms with E-state index in [-0.39, 0.29) is 22.8 Å². The number of hydrogen-bond donors (Lipinski definition) is 0. The van der Waals surface area contributed by atoms with Crippen molar-refractivity contribution in [3.05, 3.63) is 126 Å². The fraction of sp³-hybridized carbons (Fsp3) is 0.171. The molecule has 4 aromatic carbocycles. The number of hydrogen-bond acceptors (Lipinski definition) is 7. The molecule has 0 bridgehead atoms. The maximum Gasteiger partial charge on any atom is 0.340 e. The van der Waals surface area contributed by atoms with E-state index in [0.717, 1.165) is 22.6 Å². The topological polar surface area (TPSA) is 80.7 Å². The molecule has 0 unspecified atom stereocenters.